The van der Waals surface area contributed by atoms with Gasteiger partial charge in [-0.15, -0.1) is 0 Å². The molecule has 2 aromatic rings. The van der Waals surface area contributed by atoms with E-state index < -0.39 is 5.97 Å². The van der Waals surface area contributed by atoms with Crippen molar-refractivity contribution in [1.82, 2.24) is 9.88 Å². The molecule has 3 rings (SSSR count). The lowest BCUT2D eigenvalue weighted by Gasteiger charge is -2.29. The minimum Gasteiger partial charge on any atom is -0.481 e. The standard InChI is InChI=1S/C19H23ClN2O2/c1-12-4-3-5-16(20)18(12)17-10-15(13(2)21-17)11-22-8-6-14(7-9-22)19(23)24/h3-5,10,14,21H,6-9,11H2,1-2H3,(H,23,24). The minimum absolute atomic E-state index is 0.185. The van der Waals surface area contributed by atoms with Crippen LogP contribution in [0.4, 0.5) is 0 Å². The Morgan fingerprint density at radius 2 is 2.04 bits per heavy atom. The molecular weight excluding hydrogens is 324 g/mol. The smallest absolute Gasteiger partial charge is 0.306 e. The molecule has 0 atom stereocenters. The van der Waals surface area contributed by atoms with E-state index in [4.69, 9.17) is 16.7 Å². The van der Waals surface area contributed by atoms with Crippen LogP contribution in [-0.2, 0) is 11.3 Å². The Balaban J connectivity index is 1.75. The first-order valence-electron chi connectivity index (χ1n) is 8.35. The maximum atomic E-state index is 11.1. The Bertz CT molecular complexity index is 726. The van der Waals surface area contributed by atoms with Gasteiger partial charge in [-0.3, -0.25) is 9.69 Å². The van der Waals surface area contributed by atoms with E-state index in [2.05, 4.69) is 35.9 Å². The number of nitrogens with one attached hydrogen (secondary N) is 1. The maximum Gasteiger partial charge on any atom is 0.306 e. The average molecular weight is 347 g/mol. The number of aromatic nitrogens is 1. The lowest BCUT2D eigenvalue weighted by molar-refractivity contribution is -0.143. The number of hydrogen-bond acceptors (Lipinski definition) is 2. The molecule has 0 unspecified atom stereocenters. The van der Waals surface area contributed by atoms with Crippen LogP contribution in [0.15, 0.2) is 24.3 Å². The molecule has 5 heteroatoms. The number of halogens is 1. The van der Waals surface area contributed by atoms with Gasteiger partial charge in [0.15, 0.2) is 0 Å². The zero-order valence-electron chi connectivity index (χ0n) is 14.1. The second kappa shape index (κ2) is 6.99. The van der Waals surface area contributed by atoms with Crippen LogP contribution in [0.25, 0.3) is 11.3 Å². The number of piperidine rings is 1. The molecule has 1 aliphatic heterocycles. The van der Waals surface area contributed by atoms with E-state index >= 15 is 0 Å². The Labute approximate surface area is 147 Å². The molecule has 1 aliphatic rings. The summed E-state index contributed by atoms with van der Waals surface area (Å²) in [7, 11) is 0. The molecule has 0 bridgehead atoms. The topological polar surface area (TPSA) is 56.3 Å². The average Bonchev–Trinajstić information content (AvgIpc) is 2.88. The van der Waals surface area contributed by atoms with Crippen LogP contribution >= 0.6 is 11.6 Å². The highest BCUT2D eigenvalue weighted by Crippen LogP contribution is 2.32. The number of aromatic amines is 1. The van der Waals surface area contributed by atoms with Crippen LogP contribution in [0.3, 0.4) is 0 Å². The third-order valence-electron chi connectivity index (χ3n) is 4.94. The number of carbonyl (C=O) groups is 1. The van der Waals surface area contributed by atoms with E-state index in [-0.39, 0.29) is 5.92 Å². The summed E-state index contributed by atoms with van der Waals surface area (Å²) in [6, 6.07) is 8.11. The summed E-state index contributed by atoms with van der Waals surface area (Å²) < 4.78 is 0. The molecule has 2 N–H and O–H groups in total. The van der Waals surface area contributed by atoms with Crippen LogP contribution in [0, 0.1) is 19.8 Å². The molecule has 1 fully saturated rings. The van der Waals surface area contributed by atoms with Crippen molar-refractivity contribution < 1.29 is 9.90 Å². The maximum absolute atomic E-state index is 11.1. The van der Waals surface area contributed by atoms with Gasteiger partial charge in [-0.1, -0.05) is 23.7 Å². The van der Waals surface area contributed by atoms with Crippen LogP contribution in [0.1, 0.15) is 29.7 Å². The third-order valence-corrected chi connectivity index (χ3v) is 5.26. The zero-order chi connectivity index (χ0) is 17.3. The summed E-state index contributed by atoms with van der Waals surface area (Å²) in [5, 5.41) is 9.86. The molecule has 24 heavy (non-hydrogen) atoms. The van der Waals surface area contributed by atoms with Gasteiger partial charge < -0.3 is 10.1 Å². The number of rotatable bonds is 4. The van der Waals surface area contributed by atoms with Crippen molar-refractivity contribution in [1.29, 1.82) is 0 Å². The van der Waals surface area contributed by atoms with Gasteiger partial charge in [-0.25, -0.2) is 0 Å². The van der Waals surface area contributed by atoms with Gasteiger partial charge in [0.1, 0.15) is 0 Å². The molecular formula is C19H23ClN2O2. The van der Waals surface area contributed by atoms with Crippen molar-refractivity contribution in [2.24, 2.45) is 5.92 Å². The fourth-order valence-electron chi connectivity index (χ4n) is 3.45. The van der Waals surface area contributed by atoms with Gasteiger partial charge in [-0.2, -0.15) is 0 Å². The van der Waals surface area contributed by atoms with E-state index in [0.29, 0.717) is 0 Å². The molecule has 128 valence electrons. The SMILES string of the molecule is Cc1cccc(Cl)c1-c1cc(CN2CCC(C(=O)O)CC2)c(C)[nH]1. The van der Waals surface area contributed by atoms with Crippen molar-refractivity contribution in [3.63, 3.8) is 0 Å². The highest BCUT2D eigenvalue weighted by Gasteiger charge is 2.25. The van der Waals surface area contributed by atoms with Gasteiger partial charge in [0, 0.05) is 23.5 Å². The second-order valence-electron chi connectivity index (χ2n) is 6.65. The second-order valence-corrected chi connectivity index (χ2v) is 7.06. The Hall–Kier alpha value is -1.78. The number of nitrogens with zero attached hydrogens (tertiary/aromatic N) is 1. The molecule has 0 spiro atoms. The van der Waals surface area contributed by atoms with Crippen molar-refractivity contribution in [3.8, 4) is 11.3 Å². The largest absolute Gasteiger partial charge is 0.481 e. The number of aryl methyl sites for hydroxylation is 2. The lowest BCUT2D eigenvalue weighted by Crippen LogP contribution is -2.35. The van der Waals surface area contributed by atoms with E-state index in [0.717, 1.165) is 60.0 Å². The van der Waals surface area contributed by atoms with Crippen molar-refractivity contribution in [2.45, 2.75) is 33.2 Å². The number of benzene rings is 1. The zero-order valence-corrected chi connectivity index (χ0v) is 14.9. The molecule has 1 saturated heterocycles. The summed E-state index contributed by atoms with van der Waals surface area (Å²) in [6.45, 7) is 6.66. The molecule has 0 radical (unpaired) electrons. The van der Waals surface area contributed by atoms with E-state index in [1.165, 1.54) is 5.56 Å². The molecule has 0 amide bonds. The van der Waals surface area contributed by atoms with Crippen molar-refractivity contribution >= 4 is 17.6 Å². The van der Waals surface area contributed by atoms with E-state index in [9.17, 15) is 4.79 Å². The number of likely N-dealkylation sites (tertiary alicyclic amines) is 1. The third kappa shape index (κ3) is 3.50. The van der Waals surface area contributed by atoms with Gasteiger partial charge in [0.2, 0.25) is 0 Å². The quantitative estimate of drug-likeness (QED) is 0.870. The monoisotopic (exact) mass is 346 g/mol. The van der Waals surface area contributed by atoms with Crippen LogP contribution in [0.5, 0.6) is 0 Å². The summed E-state index contributed by atoms with van der Waals surface area (Å²) >= 11 is 6.38. The summed E-state index contributed by atoms with van der Waals surface area (Å²) in [5.41, 5.74) is 5.64. The highest BCUT2D eigenvalue weighted by atomic mass is 35.5. The fraction of sp³-hybridized carbons (Fsp3) is 0.421. The predicted octanol–water partition coefficient (Wildman–Crippen LogP) is 4.25. The number of hydrogen-bond donors (Lipinski definition) is 2. The van der Waals surface area contributed by atoms with Crippen LogP contribution in [-0.4, -0.2) is 34.0 Å². The summed E-state index contributed by atoms with van der Waals surface area (Å²) in [4.78, 5) is 16.8. The number of H-pyrrole nitrogens is 1. The van der Waals surface area contributed by atoms with Crippen molar-refractivity contribution in [3.05, 3.63) is 46.1 Å². The molecule has 2 heterocycles. The molecule has 4 nitrogen and oxygen atoms in total. The fourth-order valence-corrected chi connectivity index (χ4v) is 3.78. The first-order valence-corrected chi connectivity index (χ1v) is 8.72. The molecule has 1 aromatic heterocycles. The van der Waals surface area contributed by atoms with E-state index in [1.807, 2.05) is 12.1 Å². The highest BCUT2D eigenvalue weighted by molar-refractivity contribution is 6.33. The Morgan fingerprint density at radius 1 is 1.33 bits per heavy atom. The number of aliphatic carboxylic acids is 1. The number of carboxylic acids is 1. The Morgan fingerprint density at radius 3 is 2.67 bits per heavy atom. The minimum atomic E-state index is -0.663. The van der Waals surface area contributed by atoms with Crippen LogP contribution in [0.2, 0.25) is 5.02 Å². The van der Waals surface area contributed by atoms with Crippen molar-refractivity contribution in [2.75, 3.05) is 13.1 Å². The van der Waals surface area contributed by atoms with Gasteiger partial charge in [0.25, 0.3) is 0 Å². The normalized spacial score (nSPS) is 16.5. The summed E-state index contributed by atoms with van der Waals surface area (Å²) in [6.07, 6.45) is 1.46. The first-order chi connectivity index (χ1) is 11.5. The van der Waals surface area contributed by atoms with Gasteiger partial charge >= 0.3 is 5.97 Å². The first kappa shape index (κ1) is 17.1. The molecule has 0 saturated carbocycles. The predicted molar refractivity (Wildman–Crippen MR) is 96.3 cm³/mol. The van der Waals surface area contributed by atoms with Gasteiger partial charge in [-0.05, 0) is 63.0 Å². The van der Waals surface area contributed by atoms with E-state index in [1.54, 1.807) is 0 Å². The number of carboxylic acid groups (broad SMARTS) is 1. The Kier molecular flexibility index (Phi) is 4.97. The van der Waals surface area contributed by atoms with Crippen LogP contribution < -0.4 is 0 Å². The van der Waals surface area contributed by atoms with Gasteiger partial charge in [0.05, 0.1) is 10.9 Å². The lowest BCUT2D eigenvalue weighted by atomic mass is 9.97. The molecule has 0 aliphatic carbocycles. The molecule has 1 aromatic carbocycles. The summed E-state index contributed by atoms with van der Waals surface area (Å²) in [5.74, 6) is -0.848.